The first kappa shape index (κ1) is 8.97. The van der Waals surface area contributed by atoms with Crippen LogP contribution in [0.4, 0.5) is 0 Å². The number of likely N-dealkylation sites (N-methyl/N-ethyl adjacent to an activating group) is 1. The molecule has 2 aliphatic heterocycles. The first-order valence-electron chi connectivity index (χ1n) is 4.79. The van der Waals surface area contributed by atoms with Crippen LogP contribution in [0.15, 0.2) is 0 Å². The third-order valence-corrected chi connectivity index (χ3v) is 2.86. The van der Waals surface area contributed by atoms with E-state index in [1.54, 1.807) is 0 Å². The number of fused-ring (bicyclic) bond motifs is 1. The Labute approximate surface area is 78.4 Å². The van der Waals surface area contributed by atoms with E-state index in [9.17, 15) is 4.79 Å². The molecule has 0 aromatic heterocycles. The smallest absolute Gasteiger partial charge is 0.251 e. The average Bonchev–Trinajstić information content (AvgIpc) is 2.12. The Morgan fingerprint density at radius 1 is 1.46 bits per heavy atom. The minimum atomic E-state index is -0.236. The lowest BCUT2D eigenvalue weighted by atomic mass is 10.1. The summed E-state index contributed by atoms with van der Waals surface area (Å²) in [6, 6.07) is 0.280. The summed E-state index contributed by atoms with van der Waals surface area (Å²) in [4.78, 5) is 15.9. The molecule has 4 heteroatoms. The van der Waals surface area contributed by atoms with Crippen LogP contribution in [0, 0.1) is 0 Å². The van der Waals surface area contributed by atoms with Crippen LogP contribution in [0.5, 0.6) is 0 Å². The highest BCUT2D eigenvalue weighted by Gasteiger charge is 2.36. The molecule has 0 spiro atoms. The highest BCUT2D eigenvalue weighted by Crippen LogP contribution is 2.16. The van der Waals surface area contributed by atoms with Crippen molar-refractivity contribution in [3.63, 3.8) is 0 Å². The molecule has 13 heavy (non-hydrogen) atoms. The first-order valence-corrected chi connectivity index (χ1v) is 4.79. The fourth-order valence-electron chi connectivity index (χ4n) is 2.00. The van der Waals surface area contributed by atoms with E-state index in [2.05, 4.69) is 11.9 Å². The summed E-state index contributed by atoms with van der Waals surface area (Å²) in [5.41, 5.74) is 0. The lowest BCUT2D eigenvalue weighted by Crippen LogP contribution is -2.61. The van der Waals surface area contributed by atoms with Crippen LogP contribution in [0.3, 0.4) is 0 Å². The maximum atomic E-state index is 11.6. The van der Waals surface area contributed by atoms with Crippen LogP contribution >= 0.6 is 0 Å². The Bertz CT molecular complexity index is 220. The fourth-order valence-corrected chi connectivity index (χ4v) is 2.00. The van der Waals surface area contributed by atoms with Crippen LogP contribution in [-0.4, -0.2) is 61.1 Å². The molecule has 0 radical (unpaired) electrons. The van der Waals surface area contributed by atoms with E-state index in [0.717, 1.165) is 19.6 Å². The van der Waals surface area contributed by atoms with Crippen molar-refractivity contribution >= 4 is 5.91 Å². The lowest BCUT2D eigenvalue weighted by molar-refractivity contribution is -0.161. The summed E-state index contributed by atoms with van der Waals surface area (Å²) in [5, 5.41) is 0. The number of hydrogen-bond donors (Lipinski definition) is 0. The Morgan fingerprint density at radius 3 is 3.00 bits per heavy atom. The molecule has 0 bridgehead atoms. The monoisotopic (exact) mass is 184 g/mol. The second-order valence-corrected chi connectivity index (χ2v) is 3.92. The summed E-state index contributed by atoms with van der Waals surface area (Å²) in [5.74, 6) is 0.157. The zero-order valence-corrected chi connectivity index (χ0v) is 8.19. The molecule has 4 nitrogen and oxygen atoms in total. The molecule has 0 aromatic carbocycles. The van der Waals surface area contributed by atoms with Crippen LogP contribution in [0.25, 0.3) is 0 Å². The van der Waals surface area contributed by atoms with Gasteiger partial charge in [-0.2, -0.15) is 0 Å². The van der Waals surface area contributed by atoms with E-state index in [1.165, 1.54) is 0 Å². The molecule has 2 saturated heterocycles. The number of morpholine rings is 1. The van der Waals surface area contributed by atoms with E-state index in [4.69, 9.17) is 4.74 Å². The molecule has 2 unspecified atom stereocenters. The van der Waals surface area contributed by atoms with Crippen molar-refractivity contribution < 1.29 is 9.53 Å². The van der Waals surface area contributed by atoms with Gasteiger partial charge in [-0.15, -0.1) is 0 Å². The fraction of sp³-hybridized carbons (Fsp3) is 0.889. The van der Waals surface area contributed by atoms with Gasteiger partial charge in [0.25, 0.3) is 5.91 Å². The number of amides is 1. The number of carbonyl (C=O) groups excluding carboxylic acids is 1. The molecule has 2 rings (SSSR count). The molecular formula is C9H16N2O2. The molecule has 0 aliphatic carbocycles. The number of nitrogens with zero attached hydrogens (tertiary/aromatic N) is 2. The molecule has 0 saturated carbocycles. The lowest BCUT2D eigenvalue weighted by Gasteiger charge is -2.44. The quantitative estimate of drug-likeness (QED) is 0.511. The second-order valence-electron chi connectivity index (χ2n) is 3.92. The molecule has 0 N–H and O–H groups in total. The maximum Gasteiger partial charge on any atom is 0.251 e. The topological polar surface area (TPSA) is 32.8 Å². The summed E-state index contributed by atoms with van der Waals surface area (Å²) >= 11 is 0. The predicted molar refractivity (Wildman–Crippen MR) is 48.4 cm³/mol. The van der Waals surface area contributed by atoms with Crippen molar-refractivity contribution in [1.82, 2.24) is 9.80 Å². The Hall–Kier alpha value is -0.610. The molecule has 2 fully saturated rings. The van der Waals surface area contributed by atoms with Crippen LogP contribution < -0.4 is 0 Å². The second kappa shape index (κ2) is 3.27. The zero-order chi connectivity index (χ0) is 9.42. The normalized spacial score (nSPS) is 36.2. The van der Waals surface area contributed by atoms with E-state index in [1.807, 2.05) is 11.8 Å². The Balaban J connectivity index is 2.06. The summed E-state index contributed by atoms with van der Waals surface area (Å²) < 4.78 is 5.39. The van der Waals surface area contributed by atoms with Crippen molar-refractivity contribution in [2.24, 2.45) is 0 Å². The molecule has 2 heterocycles. The average molecular weight is 184 g/mol. The predicted octanol–water partition coefficient (Wildman–Crippen LogP) is -0.452. The van der Waals surface area contributed by atoms with Crippen molar-refractivity contribution in [3.8, 4) is 0 Å². The van der Waals surface area contributed by atoms with Gasteiger partial charge in [-0.05, 0) is 14.0 Å². The zero-order valence-electron chi connectivity index (χ0n) is 8.19. The first-order chi connectivity index (χ1) is 6.18. The van der Waals surface area contributed by atoms with E-state index < -0.39 is 0 Å². The van der Waals surface area contributed by atoms with Crippen LogP contribution in [-0.2, 0) is 9.53 Å². The van der Waals surface area contributed by atoms with Gasteiger partial charge in [-0.1, -0.05) is 0 Å². The maximum absolute atomic E-state index is 11.6. The van der Waals surface area contributed by atoms with E-state index >= 15 is 0 Å². The number of carbonyl (C=O) groups is 1. The molecule has 1 amide bonds. The Morgan fingerprint density at radius 2 is 2.23 bits per heavy atom. The summed E-state index contributed by atoms with van der Waals surface area (Å²) in [6.07, 6.45) is -0.236. The highest BCUT2D eigenvalue weighted by atomic mass is 16.5. The number of hydrogen-bond acceptors (Lipinski definition) is 3. The van der Waals surface area contributed by atoms with Gasteiger partial charge in [0, 0.05) is 19.6 Å². The van der Waals surface area contributed by atoms with Crippen molar-refractivity contribution in [1.29, 1.82) is 0 Å². The minimum absolute atomic E-state index is 0.157. The molecule has 2 aliphatic rings. The van der Waals surface area contributed by atoms with Gasteiger partial charge in [0.05, 0.1) is 12.6 Å². The van der Waals surface area contributed by atoms with Gasteiger partial charge >= 0.3 is 0 Å². The molecule has 0 aromatic rings. The highest BCUT2D eigenvalue weighted by molar-refractivity contribution is 5.81. The largest absolute Gasteiger partial charge is 0.366 e. The summed E-state index contributed by atoms with van der Waals surface area (Å²) in [6.45, 7) is 5.30. The van der Waals surface area contributed by atoms with Gasteiger partial charge in [-0.25, -0.2) is 0 Å². The van der Waals surface area contributed by atoms with Crippen LogP contribution in [0.1, 0.15) is 6.92 Å². The van der Waals surface area contributed by atoms with Gasteiger partial charge < -0.3 is 14.5 Å². The van der Waals surface area contributed by atoms with Crippen LogP contribution in [0.2, 0.25) is 0 Å². The van der Waals surface area contributed by atoms with Crippen molar-refractivity contribution in [2.75, 3.05) is 33.3 Å². The Kier molecular flexibility index (Phi) is 2.26. The van der Waals surface area contributed by atoms with E-state index in [-0.39, 0.29) is 18.1 Å². The third-order valence-electron chi connectivity index (χ3n) is 2.86. The van der Waals surface area contributed by atoms with E-state index in [0.29, 0.717) is 6.61 Å². The molecule has 74 valence electrons. The third kappa shape index (κ3) is 1.56. The molecule has 2 atom stereocenters. The van der Waals surface area contributed by atoms with Gasteiger partial charge in [0.2, 0.25) is 0 Å². The van der Waals surface area contributed by atoms with Gasteiger partial charge in [0.1, 0.15) is 6.10 Å². The minimum Gasteiger partial charge on any atom is -0.366 e. The van der Waals surface area contributed by atoms with Gasteiger partial charge in [-0.3, -0.25) is 4.79 Å². The molecular weight excluding hydrogens is 168 g/mol. The van der Waals surface area contributed by atoms with Gasteiger partial charge in [0.15, 0.2) is 0 Å². The summed E-state index contributed by atoms with van der Waals surface area (Å²) in [7, 11) is 2.08. The number of piperazine rings is 1. The SMILES string of the molecule is CC1OCC2CN(C)CCN2C1=O. The standard InChI is InChI=1S/C9H16N2O2/c1-7-9(12)11-4-3-10(2)5-8(11)6-13-7/h7-8H,3-6H2,1-2H3. The number of rotatable bonds is 0. The van der Waals surface area contributed by atoms with Crippen molar-refractivity contribution in [3.05, 3.63) is 0 Å². The van der Waals surface area contributed by atoms with Crippen molar-refractivity contribution in [2.45, 2.75) is 19.1 Å². The number of ether oxygens (including phenoxy) is 1.